The van der Waals surface area contributed by atoms with Crippen LogP contribution in [0.15, 0.2) is 18.2 Å². The van der Waals surface area contributed by atoms with Gasteiger partial charge in [-0.15, -0.1) is 0 Å². The first-order valence-electron chi connectivity index (χ1n) is 5.56. The average molecular weight is 221 g/mol. The van der Waals surface area contributed by atoms with Crippen molar-refractivity contribution in [2.45, 2.75) is 24.9 Å². The summed E-state index contributed by atoms with van der Waals surface area (Å²) >= 11 is 0. The lowest BCUT2D eigenvalue weighted by Gasteiger charge is -2.14. The maximum atomic E-state index is 9.18. The van der Waals surface area contributed by atoms with E-state index < -0.39 is 0 Å². The molecule has 1 fully saturated rings. The minimum atomic E-state index is -0.0175. The second-order valence-electron chi connectivity index (χ2n) is 4.48. The number of fused-ring (bicyclic) bond motifs is 1. The fraction of sp³-hybridized carbons (Fsp3) is 0.500. The van der Waals surface area contributed by atoms with Crippen molar-refractivity contribution in [2.24, 2.45) is 0 Å². The molecule has 4 heteroatoms. The van der Waals surface area contributed by atoms with Crippen molar-refractivity contribution in [3.8, 4) is 11.5 Å². The molecule has 1 saturated carbocycles. The molecular weight excluding hydrogens is 206 g/mol. The number of aliphatic hydroxyl groups is 1. The van der Waals surface area contributed by atoms with E-state index in [-0.39, 0.29) is 12.1 Å². The highest BCUT2D eigenvalue weighted by molar-refractivity contribution is 5.44. The highest BCUT2D eigenvalue weighted by Crippen LogP contribution is 2.36. The molecule has 3 rings (SSSR count). The Hall–Kier alpha value is -1.26. The summed E-state index contributed by atoms with van der Waals surface area (Å²) in [6.07, 6.45) is 2.13. The zero-order valence-electron chi connectivity index (χ0n) is 9.03. The Morgan fingerprint density at radius 3 is 2.81 bits per heavy atom. The quantitative estimate of drug-likeness (QED) is 0.797. The van der Waals surface area contributed by atoms with Crippen LogP contribution in [0.5, 0.6) is 11.5 Å². The normalized spacial score (nSPS) is 19.8. The van der Waals surface area contributed by atoms with E-state index in [2.05, 4.69) is 5.32 Å². The van der Waals surface area contributed by atoms with E-state index in [1.165, 1.54) is 0 Å². The van der Waals surface area contributed by atoms with Crippen molar-refractivity contribution in [1.82, 2.24) is 5.32 Å². The minimum absolute atomic E-state index is 0.0175. The lowest BCUT2D eigenvalue weighted by atomic mass is 10.2. The summed E-state index contributed by atoms with van der Waals surface area (Å²) in [5, 5.41) is 12.6. The summed E-state index contributed by atoms with van der Waals surface area (Å²) in [4.78, 5) is 0. The molecule has 0 radical (unpaired) electrons. The Balaban J connectivity index is 1.66. The molecule has 1 aliphatic carbocycles. The zero-order valence-corrected chi connectivity index (χ0v) is 9.03. The number of rotatable bonds is 4. The first kappa shape index (κ1) is 9.93. The molecule has 0 unspecified atom stereocenters. The molecule has 1 aromatic rings. The van der Waals surface area contributed by atoms with Crippen molar-refractivity contribution >= 4 is 0 Å². The Labute approximate surface area is 94.2 Å². The number of aliphatic hydroxyl groups excluding tert-OH is 1. The average Bonchev–Trinajstić information content (AvgIpc) is 2.96. The van der Waals surface area contributed by atoms with Gasteiger partial charge in [0, 0.05) is 12.1 Å². The third-order valence-electron chi connectivity index (χ3n) is 3.26. The summed E-state index contributed by atoms with van der Waals surface area (Å²) in [5.41, 5.74) is 1.14. The fourth-order valence-corrected chi connectivity index (χ4v) is 1.88. The molecule has 0 atom stereocenters. The molecule has 2 N–H and O–H groups in total. The van der Waals surface area contributed by atoms with E-state index in [9.17, 15) is 5.11 Å². The molecule has 0 spiro atoms. The molecule has 4 nitrogen and oxygen atoms in total. The number of hydrogen-bond acceptors (Lipinski definition) is 4. The zero-order chi connectivity index (χ0) is 11.0. The summed E-state index contributed by atoms with van der Waals surface area (Å²) in [7, 11) is 0. The monoisotopic (exact) mass is 221 g/mol. The number of benzene rings is 1. The Morgan fingerprint density at radius 1 is 1.25 bits per heavy atom. The Bertz CT molecular complexity index is 401. The van der Waals surface area contributed by atoms with Gasteiger partial charge in [-0.3, -0.25) is 0 Å². The lowest BCUT2D eigenvalue weighted by molar-refractivity contribution is 0.174. The Kier molecular flexibility index (Phi) is 2.26. The number of ether oxygens (including phenoxy) is 2. The van der Waals surface area contributed by atoms with Crippen molar-refractivity contribution in [1.29, 1.82) is 0 Å². The highest BCUT2D eigenvalue weighted by Gasteiger charge is 2.41. The van der Waals surface area contributed by atoms with Gasteiger partial charge in [-0.25, -0.2) is 0 Å². The van der Waals surface area contributed by atoms with Gasteiger partial charge >= 0.3 is 0 Å². The van der Waals surface area contributed by atoms with Gasteiger partial charge in [-0.05, 0) is 30.5 Å². The van der Waals surface area contributed by atoms with Crippen LogP contribution in [0, 0.1) is 0 Å². The summed E-state index contributed by atoms with van der Waals surface area (Å²) in [5.74, 6) is 1.63. The van der Waals surface area contributed by atoms with Crippen molar-refractivity contribution in [2.75, 3.05) is 13.4 Å². The number of hydrogen-bond donors (Lipinski definition) is 2. The minimum Gasteiger partial charge on any atom is -0.454 e. The first-order valence-corrected chi connectivity index (χ1v) is 5.56. The van der Waals surface area contributed by atoms with Crippen molar-refractivity contribution < 1.29 is 14.6 Å². The third-order valence-corrected chi connectivity index (χ3v) is 3.26. The van der Waals surface area contributed by atoms with Gasteiger partial charge in [0.05, 0.1) is 6.61 Å². The van der Waals surface area contributed by atoms with Crippen LogP contribution in [-0.4, -0.2) is 24.0 Å². The molecule has 0 aromatic heterocycles. The van der Waals surface area contributed by atoms with E-state index >= 15 is 0 Å². The molecule has 16 heavy (non-hydrogen) atoms. The van der Waals surface area contributed by atoms with Crippen LogP contribution in [0.1, 0.15) is 18.4 Å². The highest BCUT2D eigenvalue weighted by atomic mass is 16.7. The Morgan fingerprint density at radius 2 is 2.06 bits per heavy atom. The molecule has 0 bridgehead atoms. The van der Waals surface area contributed by atoms with Crippen LogP contribution in [-0.2, 0) is 6.54 Å². The smallest absolute Gasteiger partial charge is 0.231 e. The summed E-state index contributed by atoms with van der Waals surface area (Å²) in [6, 6.07) is 5.94. The van der Waals surface area contributed by atoms with Crippen LogP contribution in [0.25, 0.3) is 0 Å². The van der Waals surface area contributed by atoms with E-state index in [0.717, 1.165) is 36.4 Å². The van der Waals surface area contributed by atoms with Crippen LogP contribution in [0.4, 0.5) is 0 Å². The fourth-order valence-electron chi connectivity index (χ4n) is 1.88. The topological polar surface area (TPSA) is 50.7 Å². The van der Waals surface area contributed by atoms with Crippen LogP contribution in [0.2, 0.25) is 0 Å². The van der Waals surface area contributed by atoms with Gasteiger partial charge < -0.3 is 19.9 Å². The van der Waals surface area contributed by atoms with Crippen molar-refractivity contribution in [3.05, 3.63) is 23.8 Å². The van der Waals surface area contributed by atoms with Crippen molar-refractivity contribution in [3.63, 3.8) is 0 Å². The van der Waals surface area contributed by atoms with Gasteiger partial charge in [-0.2, -0.15) is 0 Å². The van der Waals surface area contributed by atoms with Gasteiger partial charge in [0.1, 0.15) is 0 Å². The summed E-state index contributed by atoms with van der Waals surface area (Å²) in [6.45, 7) is 1.29. The van der Waals surface area contributed by atoms with Gasteiger partial charge in [-0.1, -0.05) is 6.07 Å². The van der Waals surface area contributed by atoms with E-state index in [1.54, 1.807) is 0 Å². The predicted octanol–water partition coefficient (Wildman–Crippen LogP) is 1.03. The van der Waals surface area contributed by atoms with Gasteiger partial charge in [0.15, 0.2) is 11.5 Å². The molecular formula is C12H15NO3. The maximum Gasteiger partial charge on any atom is 0.231 e. The van der Waals surface area contributed by atoms with Crippen LogP contribution < -0.4 is 14.8 Å². The largest absolute Gasteiger partial charge is 0.454 e. The van der Waals surface area contributed by atoms with Gasteiger partial charge in [0.25, 0.3) is 0 Å². The molecule has 86 valence electrons. The SMILES string of the molecule is OCC1(NCc2ccc3c(c2)OCO3)CC1. The standard InChI is InChI=1S/C12H15NO3/c14-7-12(3-4-12)13-6-9-1-2-10-11(5-9)16-8-15-10/h1-2,5,13-14H,3-4,6-8H2. The molecule has 0 amide bonds. The molecule has 1 aliphatic heterocycles. The van der Waals surface area contributed by atoms with Gasteiger partial charge in [0.2, 0.25) is 6.79 Å². The van der Waals surface area contributed by atoms with E-state index in [0.29, 0.717) is 6.79 Å². The summed E-state index contributed by atoms with van der Waals surface area (Å²) < 4.78 is 10.6. The second kappa shape index (κ2) is 3.64. The van der Waals surface area contributed by atoms with Crippen LogP contribution in [0.3, 0.4) is 0 Å². The van der Waals surface area contributed by atoms with Crippen LogP contribution >= 0.6 is 0 Å². The lowest BCUT2D eigenvalue weighted by Crippen LogP contribution is -2.34. The second-order valence-corrected chi connectivity index (χ2v) is 4.48. The molecule has 2 aliphatic rings. The molecule has 0 saturated heterocycles. The van der Waals surface area contributed by atoms with E-state index in [1.807, 2.05) is 18.2 Å². The first-order chi connectivity index (χ1) is 7.81. The maximum absolute atomic E-state index is 9.18. The number of nitrogens with one attached hydrogen (secondary N) is 1. The molecule has 1 heterocycles. The molecule has 1 aromatic carbocycles. The third kappa shape index (κ3) is 1.74. The van der Waals surface area contributed by atoms with E-state index in [4.69, 9.17) is 9.47 Å². The predicted molar refractivity (Wildman–Crippen MR) is 58.5 cm³/mol.